The molecule has 3 rings (SSSR count). The van der Waals surface area contributed by atoms with Crippen LogP contribution in [0.5, 0.6) is 0 Å². The monoisotopic (exact) mass is 378 g/mol. The summed E-state index contributed by atoms with van der Waals surface area (Å²) in [6.07, 6.45) is -3.13. The van der Waals surface area contributed by atoms with Crippen molar-refractivity contribution in [2.75, 3.05) is 23.8 Å². The smallest absolute Gasteiger partial charge is 0.366 e. The standard InChI is InChI=1S/C17H13F3N4O3/c1-3-8-24(2)12-11(13(25)14(12)26)21-10-6-4-9(5-7-10)15-22-16(27-23-15)17(18,19)20/h3-7,21H,1,8H2,2H3. The zero-order valence-electron chi connectivity index (χ0n) is 14.0. The number of rotatable bonds is 6. The summed E-state index contributed by atoms with van der Waals surface area (Å²) in [7, 11) is 1.65. The van der Waals surface area contributed by atoms with Gasteiger partial charge < -0.3 is 14.7 Å². The molecule has 0 atom stereocenters. The Bertz CT molecular complexity index is 1050. The van der Waals surface area contributed by atoms with Crippen molar-refractivity contribution in [1.29, 1.82) is 0 Å². The number of likely N-dealkylation sites (N-methyl/N-ethyl adjacent to an activating group) is 1. The molecule has 0 aliphatic rings. The van der Waals surface area contributed by atoms with Gasteiger partial charge in [-0.15, -0.1) is 6.58 Å². The Morgan fingerprint density at radius 2 is 1.89 bits per heavy atom. The number of alkyl halides is 3. The lowest BCUT2D eigenvalue weighted by molar-refractivity contribution is -0.159. The van der Waals surface area contributed by atoms with Gasteiger partial charge in [0.25, 0.3) is 10.9 Å². The molecule has 7 nitrogen and oxygen atoms in total. The molecule has 27 heavy (non-hydrogen) atoms. The number of nitrogens with one attached hydrogen (secondary N) is 1. The predicted molar refractivity (Wildman–Crippen MR) is 92.8 cm³/mol. The maximum Gasteiger partial charge on any atom is 0.471 e. The van der Waals surface area contributed by atoms with Gasteiger partial charge >= 0.3 is 12.1 Å². The van der Waals surface area contributed by atoms with E-state index in [4.69, 9.17) is 0 Å². The number of halogens is 3. The van der Waals surface area contributed by atoms with E-state index in [0.717, 1.165) is 0 Å². The summed E-state index contributed by atoms with van der Waals surface area (Å²) in [4.78, 5) is 28.5. The Hall–Kier alpha value is -3.43. The van der Waals surface area contributed by atoms with Gasteiger partial charge in [-0.25, -0.2) is 0 Å². The minimum Gasteiger partial charge on any atom is -0.366 e. The van der Waals surface area contributed by atoms with Gasteiger partial charge in [-0.3, -0.25) is 9.59 Å². The van der Waals surface area contributed by atoms with Crippen LogP contribution in [-0.2, 0) is 6.18 Å². The third-order valence-electron chi connectivity index (χ3n) is 3.75. The van der Waals surface area contributed by atoms with Gasteiger partial charge in [0.1, 0.15) is 11.4 Å². The van der Waals surface area contributed by atoms with Crippen molar-refractivity contribution in [2.45, 2.75) is 6.18 Å². The minimum absolute atomic E-state index is 0.149. The fourth-order valence-corrected chi connectivity index (χ4v) is 2.45. The molecule has 0 saturated carbocycles. The van der Waals surface area contributed by atoms with Crippen LogP contribution in [0.25, 0.3) is 11.4 Å². The summed E-state index contributed by atoms with van der Waals surface area (Å²) in [5, 5.41) is 6.14. The number of benzene rings is 1. The van der Waals surface area contributed by atoms with Crippen LogP contribution in [0.15, 0.2) is 51.0 Å². The van der Waals surface area contributed by atoms with Crippen LogP contribution < -0.4 is 21.1 Å². The highest BCUT2D eigenvalue weighted by Gasteiger charge is 2.38. The molecule has 140 valence electrons. The van der Waals surface area contributed by atoms with Gasteiger partial charge in [-0.1, -0.05) is 11.2 Å². The third kappa shape index (κ3) is 3.46. The highest BCUT2D eigenvalue weighted by molar-refractivity contribution is 5.80. The van der Waals surface area contributed by atoms with Gasteiger partial charge in [-0.2, -0.15) is 18.2 Å². The molecule has 0 fully saturated rings. The summed E-state index contributed by atoms with van der Waals surface area (Å²) < 4.78 is 41.7. The summed E-state index contributed by atoms with van der Waals surface area (Å²) >= 11 is 0. The SMILES string of the molecule is C=CCN(C)c1c(Nc2ccc(-c3noc(C(F)(F)F)n3)cc2)c(=O)c1=O. The largest absolute Gasteiger partial charge is 0.471 e. The first-order valence-electron chi connectivity index (χ1n) is 7.66. The van der Waals surface area contributed by atoms with Crippen molar-refractivity contribution < 1.29 is 17.7 Å². The Labute approximate surface area is 150 Å². The molecule has 0 unspecified atom stereocenters. The fraction of sp³-hybridized carbons (Fsp3) is 0.176. The molecule has 0 bridgehead atoms. The van der Waals surface area contributed by atoms with Gasteiger partial charge in [0.15, 0.2) is 0 Å². The van der Waals surface area contributed by atoms with Gasteiger partial charge in [0, 0.05) is 24.8 Å². The third-order valence-corrected chi connectivity index (χ3v) is 3.75. The lowest BCUT2D eigenvalue weighted by Crippen LogP contribution is -2.40. The molecule has 10 heteroatoms. The van der Waals surface area contributed by atoms with Crippen LogP contribution in [0.4, 0.5) is 30.2 Å². The molecule has 2 aromatic carbocycles. The highest BCUT2D eigenvalue weighted by atomic mass is 19.4. The van der Waals surface area contributed by atoms with Crippen LogP contribution in [0.3, 0.4) is 0 Å². The second kappa shape index (κ2) is 6.71. The van der Waals surface area contributed by atoms with Crippen LogP contribution in [0.1, 0.15) is 5.89 Å². The van der Waals surface area contributed by atoms with Gasteiger partial charge in [-0.05, 0) is 24.3 Å². The molecule has 1 aromatic heterocycles. The first kappa shape index (κ1) is 18.4. The molecule has 0 aliphatic carbocycles. The summed E-state index contributed by atoms with van der Waals surface area (Å²) in [6, 6.07) is 5.97. The molecule has 1 heterocycles. The maximum absolute atomic E-state index is 12.5. The average Bonchev–Trinajstić information content (AvgIpc) is 3.12. The first-order chi connectivity index (χ1) is 12.7. The Morgan fingerprint density at radius 3 is 2.44 bits per heavy atom. The molecule has 3 aromatic rings. The van der Waals surface area contributed by atoms with Crippen LogP contribution in [-0.4, -0.2) is 23.7 Å². The van der Waals surface area contributed by atoms with Crippen molar-refractivity contribution >= 4 is 17.1 Å². The van der Waals surface area contributed by atoms with Crippen molar-refractivity contribution in [2.24, 2.45) is 0 Å². The quantitative estimate of drug-likeness (QED) is 0.521. The average molecular weight is 378 g/mol. The van der Waals surface area contributed by atoms with E-state index in [0.29, 0.717) is 17.8 Å². The number of hydrogen-bond donors (Lipinski definition) is 1. The van der Waals surface area contributed by atoms with Crippen LogP contribution >= 0.6 is 0 Å². The van der Waals surface area contributed by atoms with E-state index >= 15 is 0 Å². The molecule has 0 spiro atoms. The predicted octanol–water partition coefficient (Wildman–Crippen LogP) is 2.72. The van der Waals surface area contributed by atoms with Crippen LogP contribution in [0.2, 0.25) is 0 Å². The van der Waals surface area contributed by atoms with Gasteiger partial charge in [0.2, 0.25) is 5.82 Å². The lowest BCUT2D eigenvalue weighted by atomic mass is 10.1. The van der Waals surface area contributed by atoms with Crippen LogP contribution in [0, 0.1) is 0 Å². The molecule has 0 aliphatic heterocycles. The van der Waals surface area contributed by atoms with E-state index in [-0.39, 0.29) is 17.2 Å². The molecule has 0 radical (unpaired) electrons. The van der Waals surface area contributed by atoms with Crippen molar-refractivity contribution in [3.8, 4) is 11.4 Å². The molecular weight excluding hydrogens is 365 g/mol. The molecule has 1 N–H and O–H groups in total. The van der Waals surface area contributed by atoms with Gasteiger partial charge in [0.05, 0.1) is 0 Å². The second-order valence-corrected chi connectivity index (χ2v) is 5.67. The zero-order chi connectivity index (χ0) is 19.8. The van der Waals surface area contributed by atoms with E-state index in [9.17, 15) is 22.8 Å². The van der Waals surface area contributed by atoms with E-state index < -0.39 is 22.9 Å². The Morgan fingerprint density at radius 1 is 1.22 bits per heavy atom. The first-order valence-corrected chi connectivity index (χ1v) is 7.66. The lowest BCUT2D eigenvalue weighted by Gasteiger charge is -2.22. The summed E-state index contributed by atoms with van der Waals surface area (Å²) in [5.74, 6) is -1.65. The number of anilines is 3. The summed E-state index contributed by atoms with van der Waals surface area (Å²) in [6.45, 7) is 3.97. The zero-order valence-corrected chi connectivity index (χ0v) is 14.0. The van der Waals surface area contributed by atoms with Crippen molar-refractivity contribution in [3.63, 3.8) is 0 Å². The number of hydrogen-bond acceptors (Lipinski definition) is 7. The van der Waals surface area contributed by atoms with E-state index in [2.05, 4.69) is 26.6 Å². The van der Waals surface area contributed by atoms with E-state index in [1.807, 2.05) is 0 Å². The Kier molecular flexibility index (Phi) is 4.56. The van der Waals surface area contributed by atoms with Crippen molar-refractivity contribution in [1.82, 2.24) is 10.1 Å². The van der Waals surface area contributed by atoms with Crippen molar-refractivity contribution in [3.05, 3.63) is 63.3 Å². The topological polar surface area (TPSA) is 88.3 Å². The minimum atomic E-state index is -4.72. The summed E-state index contributed by atoms with van der Waals surface area (Å²) in [5.41, 5.74) is -0.0664. The Balaban J connectivity index is 1.81. The number of aromatic nitrogens is 2. The molecule has 0 amide bonds. The molecule has 0 saturated heterocycles. The van der Waals surface area contributed by atoms with E-state index in [1.165, 1.54) is 24.3 Å². The normalized spacial score (nSPS) is 11.6. The number of nitrogens with zero attached hydrogens (tertiary/aromatic N) is 3. The maximum atomic E-state index is 12.5. The second-order valence-electron chi connectivity index (χ2n) is 5.67. The fourth-order valence-electron chi connectivity index (χ4n) is 2.45. The highest BCUT2D eigenvalue weighted by Crippen LogP contribution is 2.30. The molecular formula is C17H13F3N4O3. The van der Waals surface area contributed by atoms with E-state index in [1.54, 1.807) is 18.0 Å².